The lowest BCUT2D eigenvalue weighted by molar-refractivity contribution is 0.0940. The third-order valence-corrected chi connectivity index (χ3v) is 6.79. The quantitative estimate of drug-likeness (QED) is 0.645. The molecule has 1 saturated carbocycles. The molecule has 2 aromatic rings. The van der Waals surface area contributed by atoms with E-state index in [0.717, 1.165) is 37.2 Å². The van der Waals surface area contributed by atoms with Crippen molar-refractivity contribution in [1.29, 1.82) is 0 Å². The van der Waals surface area contributed by atoms with E-state index < -0.39 is 0 Å². The molecule has 0 aliphatic heterocycles. The predicted molar refractivity (Wildman–Crippen MR) is 98.6 cm³/mol. The maximum Gasteiger partial charge on any atom is 0.163 e. The van der Waals surface area contributed by atoms with Gasteiger partial charge in [-0.1, -0.05) is 43.2 Å². The van der Waals surface area contributed by atoms with Gasteiger partial charge in [0.2, 0.25) is 0 Å². The number of ketones is 1. The number of fused-ring (bicyclic) bond motifs is 6. The van der Waals surface area contributed by atoms with Crippen LogP contribution in [0.15, 0.2) is 42.0 Å². The van der Waals surface area contributed by atoms with Crippen molar-refractivity contribution < 1.29 is 4.79 Å². The van der Waals surface area contributed by atoms with Gasteiger partial charge in [0.1, 0.15) is 0 Å². The maximum atomic E-state index is 12.7. The minimum Gasteiger partial charge on any atom is -0.294 e. The molecular weight excluding hydrogens is 292 g/mol. The first-order chi connectivity index (χ1) is 11.7. The molecule has 24 heavy (non-hydrogen) atoms. The normalized spacial score (nSPS) is 27.8. The van der Waals surface area contributed by atoms with Gasteiger partial charge in [0, 0.05) is 17.4 Å². The van der Waals surface area contributed by atoms with E-state index in [1.54, 1.807) is 5.57 Å². The van der Waals surface area contributed by atoms with E-state index in [9.17, 15) is 4.79 Å². The zero-order valence-corrected chi connectivity index (χ0v) is 14.4. The maximum absolute atomic E-state index is 12.7. The Morgan fingerprint density at radius 1 is 1.25 bits per heavy atom. The van der Waals surface area contributed by atoms with Crippen LogP contribution in [0.1, 0.15) is 66.9 Å². The molecule has 2 aromatic carbocycles. The zero-order chi connectivity index (χ0) is 16.3. The summed E-state index contributed by atoms with van der Waals surface area (Å²) in [6.45, 7) is 2.22. The van der Waals surface area contributed by atoms with Gasteiger partial charge >= 0.3 is 0 Å². The second-order valence-electron chi connectivity index (χ2n) is 8.04. The summed E-state index contributed by atoms with van der Waals surface area (Å²) in [6.07, 6.45) is 10.2. The smallest absolute Gasteiger partial charge is 0.163 e. The third kappa shape index (κ3) is 1.84. The molecule has 0 saturated heterocycles. The third-order valence-electron chi connectivity index (χ3n) is 6.79. The van der Waals surface area contributed by atoms with Gasteiger partial charge < -0.3 is 0 Å². The average Bonchev–Trinajstić information content (AvgIpc) is 3.20. The molecule has 3 aliphatic rings. The van der Waals surface area contributed by atoms with Crippen LogP contribution in [0.5, 0.6) is 0 Å². The Balaban J connectivity index is 1.75. The molecule has 5 rings (SSSR count). The molecule has 1 nitrogen and oxygen atoms in total. The number of hydrogen-bond donors (Lipinski definition) is 0. The SMILES string of the molecule is CCCc1cccc2cc3c(cc12)C(=O)CCC31CC2=CCC1C2. The molecule has 1 spiro atoms. The summed E-state index contributed by atoms with van der Waals surface area (Å²) in [5, 5.41) is 2.62. The molecule has 2 bridgehead atoms. The number of hydrogen-bond acceptors (Lipinski definition) is 1. The van der Waals surface area contributed by atoms with E-state index in [-0.39, 0.29) is 5.41 Å². The highest BCUT2D eigenvalue weighted by Crippen LogP contribution is 2.59. The summed E-state index contributed by atoms with van der Waals surface area (Å²) in [5.74, 6) is 1.09. The van der Waals surface area contributed by atoms with E-state index in [0.29, 0.717) is 5.78 Å². The Morgan fingerprint density at radius 2 is 2.17 bits per heavy atom. The molecule has 3 aliphatic carbocycles. The Morgan fingerprint density at radius 3 is 2.92 bits per heavy atom. The van der Waals surface area contributed by atoms with Crippen molar-refractivity contribution in [2.24, 2.45) is 5.92 Å². The standard InChI is InChI=1S/C23H24O/c1-2-4-16-5-3-6-17-12-21-20(13-19(16)17)22(24)9-10-23(21)14-15-7-8-18(23)11-15/h3,5-7,12-13,18H,2,4,8-11,14H2,1H3. The van der Waals surface area contributed by atoms with Gasteiger partial charge in [-0.2, -0.15) is 0 Å². The van der Waals surface area contributed by atoms with Crippen LogP contribution in [0.4, 0.5) is 0 Å². The van der Waals surface area contributed by atoms with Gasteiger partial charge in [0.15, 0.2) is 5.78 Å². The van der Waals surface area contributed by atoms with Crippen molar-refractivity contribution >= 4 is 16.6 Å². The second kappa shape index (κ2) is 5.05. The van der Waals surface area contributed by atoms with Crippen molar-refractivity contribution in [3.63, 3.8) is 0 Å². The first kappa shape index (κ1) is 14.5. The Hall–Kier alpha value is -1.89. The minimum atomic E-state index is 0.252. The summed E-state index contributed by atoms with van der Waals surface area (Å²) in [6, 6.07) is 11.2. The van der Waals surface area contributed by atoms with Crippen LogP contribution in [-0.2, 0) is 11.8 Å². The molecule has 0 aromatic heterocycles. The molecular formula is C23H24O. The van der Waals surface area contributed by atoms with E-state index in [2.05, 4.69) is 43.3 Å². The number of rotatable bonds is 2. The number of allylic oxidation sites excluding steroid dienone is 2. The number of aryl methyl sites for hydroxylation is 1. The summed E-state index contributed by atoms with van der Waals surface area (Å²) in [4.78, 5) is 12.7. The molecule has 1 fully saturated rings. The highest BCUT2D eigenvalue weighted by atomic mass is 16.1. The minimum absolute atomic E-state index is 0.252. The van der Waals surface area contributed by atoms with E-state index >= 15 is 0 Å². The topological polar surface area (TPSA) is 17.1 Å². The van der Waals surface area contributed by atoms with Gasteiger partial charge in [-0.05, 0) is 72.1 Å². The van der Waals surface area contributed by atoms with Crippen LogP contribution in [0.3, 0.4) is 0 Å². The van der Waals surface area contributed by atoms with Crippen molar-refractivity contribution in [3.8, 4) is 0 Å². The number of carbonyl (C=O) groups is 1. The van der Waals surface area contributed by atoms with Crippen LogP contribution in [0.25, 0.3) is 10.8 Å². The summed E-state index contributed by atoms with van der Waals surface area (Å²) in [7, 11) is 0. The lowest BCUT2D eigenvalue weighted by Crippen LogP contribution is -2.37. The monoisotopic (exact) mass is 316 g/mol. The Labute approximate surface area is 143 Å². The molecule has 1 heteroatoms. The highest BCUT2D eigenvalue weighted by molar-refractivity contribution is 6.03. The second-order valence-corrected chi connectivity index (χ2v) is 8.04. The first-order valence-electron chi connectivity index (χ1n) is 9.48. The Kier molecular flexibility index (Phi) is 3.04. The van der Waals surface area contributed by atoms with Crippen molar-refractivity contribution in [2.75, 3.05) is 0 Å². The molecule has 2 atom stereocenters. The van der Waals surface area contributed by atoms with E-state index in [4.69, 9.17) is 0 Å². The zero-order valence-electron chi connectivity index (χ0n) is 14.4. The molecule has 0 heterocycles. The number of Topliss-reactive ketones (excluding diaryl/α,β-unsaturated/α-hetero) is 1. The van der Waals surface area contributed by atoms with Crippen LogP contribution in [0.2, 0.25) is 0 Å². The van der Waals surface area contributed by atoms with E-state index in [1.807, 2.05) is 0 Å². The average molecular weight is 316 g/mol. The van der Waals surface area contributed by atoms with Crippen LogP contribution in [0, 0.1) is 5.92 Å². The van der Waals surface area contributed by atoms with Gasteiger partial charge in [0.05, 0.1) is 0 Å². The van der Waals surface area contributed by atoms with Crippen LogP contribution < -0.4 is 0 Å². The van der Waals surface area contributed by atoms with Gasteiger partial charge in [-0.15, -0.1) is 0 Å². The van der Waals surface area contributed by atoms with E-state index in [1.165, 1.54) is 41.2 Å². The first-order valence-corrected chi connectivity index (χ1v) is 9.48. The fourth-order valence-electron chi connectivity index (χ4n) is 5.64. The summed E-state index contributed by atoms with van der Waals surface area (Å²) in [5.41, 5.74) is 5.68. The molecule has 0 amide bonds. The largest absolute Gasteiger partial charge is 0.294 e. The van der Waals surface area contributed by atoms with Gasteiger partial charge in [0.25, 0.3) is 0 Å². The van der Waals surface area contributed by atoms with Gasteiger partial charge in [-0.25, -0.2) is 0 Å². The molecule has 0 radical (unpaired) electrons. The molecule has 0 N–H and O–H groups in total. The van der Waals surface area contributed by atoms with Crippen LogP contribution >= 0.6 is 0 Å². The molecule has 122 valence electrons. The van der Waals surface area contributed by atoms with Gasteiger partial charge in [-0.3, -0.25) is 4.79 Å². The van der Waals surface area contributed by atoms with Crippen molar-refractivity contribution in [1.82, 2.24) is 0 Å². The van der Waals surface area contributed by atoms with Crippen molar-refractivity contribution in [3.05, 3.63) is 58.7 Å². The summed E-state index contributed by atoms with van der Waals surface area (Å²) >= 11 is 0. The fourth-order valence-corrected chi connectivity index (χ4v) is 5.64. The fraction of sp³-hybridized carbons (Fsp3) is 0.435. The molecule has 2 unspecified atom stereocenters. The number of benzene rings is 2. The van der Waals surface area contributed by atoms with Crippen molar-refractivity contribution in [2.45, 2.75) is 57.3 Å². The number of carbonyl (C=O) groups excluding carboxylic acids is 1. The highest BCUT2D eigenvalue weighted by Gasteiger charge is 2.51. The Bertz CT molecular complexity index is 888. The summed E-state index contributed by atoms with van der Waals surface area (Å²) < 4.78 is 0. The lowest BCUT2D eigenvalue weighted by atomic mass is 9.62. The van der Waals surface area contributed by atoms with Crippen LogP contribution in [-0.4, -0.2) is 5.78 Å². The lowest BCUT2D eigenvalue weighted by Gasteiger charge is -2.41. The predicted octanol–water partition coefficient (Wildman–Crippen LogP) is 5.75.